The molecule has 1 fully saturated rings. The molecule has 0 N–H and O–H groups in total. The van der Waals surface area contributed by atoms with Crippen LogP contribution in [0.25, 0.3) is 0 Å². The van der Waals surface area contributed by atoms with E-state index in [0.717, 1.165) is 5.56 Å². The van der Waals surface area contributed by atoms with Crippen LogP contribution in [0.15, 0.2) is 30.3 Å². The first-order valence-electron chi connectivity index (χ1n) is 4.95. The van der Waals surface area contributed by atoms with Crippen LogP contribution in [0.1, 0.15) is 25.3 Å². The average molecular weight is 190 g/mol. The lowest BCUT2D eigenvalue weighted by atomic mass is 9.83. The number of carbonyl (C=O) groups is 1. The van der Waals surface area contributed by atoms with Crippen molar-refractivity contribution in [2.24, 2.45) is 5.92 Å². The second-order valence-electron chi connectivity index (χ2n) is 4.03. The molecule has 14 heavy (non-hydrogen) atoms. The summed E-state index contributed by atoms with van der Waals surface area (Å²) in [7, 11) is 0. The van der Waals surface area contributed by atoms with Gasteiger partial charge in [-0.3, -0.25) is 4.79 Å². The number of carbonyl (C=O) groups excluding carboxylic acids is 1. The predicted molar refractivity (Wildman–Crippen MR) is 53.9 cm³/mol. The molecule has 2 heteroatoms. The van der Waals surface area contributed by atoms with E-state index in [9.17, 15) is 4.79 Å². The van der Waals surface area contributed by atoms with Crippen molar-refractivity contribution in [2.45, 2.75) is 25.9 Å². The summed E-state index contributed by atoms with van der Waals surface area (Å²) in [5, 5.41) is 0. The predicted octanol–water partition coefficient (Wildman–Crippen LogP) is 2.35. The van der Waals surface area contributed by atoms with Crippen LogP contribution in [0.2, 0.25) is 0 Å². The molecule has 0 saturated carbocycles. The lowest BCUT2D eigenvalue weighted by molar-refractivity contribution is -0.179. The fourth-order valence-corrected chi connectivity index (χ4v) is 1.84. The number of cyclic esters (lactones) is 1. The summed E-state index contributed by atoms with van der Waals surface area (Å²) in [4.78, 5) is 11.3. The van der Waals surface area contributed by atoms with E-state index in [2.05, 4.69) is 13.8 Å². The minimum atomic E-state index is -0.0881. The Morgan fingerprint density at radius 1 is 1.21 bits per heavy atom. The van der Waals surface area contributed by atoms with E-state index in [-0.39, 0.29) is 18.0 Å². The molecule has 2 atom stereocenters. The zero-order valence-corrected chi connectivity index (χ0v) is 8.44. The van der Waals surface area contributed by atoms with Gasteiger partial charge in [-0.25, -0.2) is 0 Å². The molecular weight excluding hydrogens is 176 g/mol. The summed E-state index contributed by atoms with van der Waals surface area (Å²) < 4.78 is 5.13. The fourth-order valence-electron chi connectivity index (χ4n) is 1.84. The van der Waals surface area contributed by atoms with Gasteiger partial charge >= 0.3 is 5.97 Å². The highest BCUT2D eigenvalue weighted by Crippen LogP contribution is 2.36. The lowest BCUT2D eigenvalue weighted by Gasteiger charge is -2.38. The smallest absolute Gasteiger partial charge is 0.317 e. The van der Waals surface area contributed by atoms with Crippen LogP contribution in [-0.4, -0.2) is 12.1 Å². The molecule has 1 aliphatic heterocycles. The van der Waals surface area contributed by atoms with Crippen LogP contribution in [0, 0.1) is 5.92 Å². The molecule has 1 aliphatic rings. The van der Waals surface area contributed by atoms with Crippen molar-refractivity contribution < 1.29 is 9.53 Å². The molecule has 0 bridgehead atoms. The highest BCUT2D eigenvalue weighted by atomic mass is 16.6. The van der Waals surface area contributed by atoms with E-state index in [1.165, 1.54) is 0 Å². The van der Waals surface area contributed by atoms with Crippen LogP contribution >= 0.6 is 0 Å². The molecule has 2 rings (SSSR count). The number of esters is 1. The van der Waals surface area contributed by atoms with Crippen LogP contribution < -0.4 is 0 Å². The van der Waals surface area contributed by atoms with Gasteiger partial charge in [0, 0.05) is 0 Å². The summed E-state index contributed by atoms with van der Waals surface area (Å²) in [6, 6.07) is 9.84. The summed E-state index contributed by atoms with van der Waals surface area (Å²) >= 11 is 0. The van der Waals surface area contributed by atoms with Gasteiger partial charge in [0.05, 0.1) is 0 Å². The van der Waals surface area contributed by atoms with Crippen LogP contribution in [0.4, 0.5) is 0 Å². The number of rotatable bonds is 2. The standard InChI is InChI=1S/C12H14O2/c1-8(2)11-10(12(13)14-11)9-6-4-3-5-7-9/h3-8,10-11H,1-2H3/t10-,11+/m0/s1. The molecule has 1 heterocycles. The third kappa shape index (κ3) is 1.41. The minimum absolute atomic E-state index is 0.0452. The Morgan fingerprint density at radius 2 is 1.86 bits per heavy atom. The van der Waals surface area contributed by atoms with E-state index >= 15 is 0 Å². The molecule has 0 unspecified atom stereocenters. The second-order valence-corrected chi connectivity index (χ2v) is 4.03. The average Bonchev–Trinajstić information content (AvgIpc) is 2.15. The Hall–Kier alpha value is -1.31. The van der Waals surface area contributed by atoms with Gasteiger partial charge in [-0.05, 0) is 11.5 Å². The lowest BCUT2D eigenvalue weighted by Crippen LogP contribution is -2.46. The molecule has 0 amide bonds. The molecule has 1 aromatic rings. The number of hydrogen-bond acceptors (Lipinski definition) is 2. The number of ether oxygens (including phenoxy) is 1. The Kier molecular flexibility index (Phi) is 2.28. The largest absolute Gasteiger partial charge is 0.460 e. The van der Waals surface area contributed by atoms with Gasteiger partial charge in [-0.15, -0.1) is 0 Å². The fraction of sp³-hybridized carbons (Fsp3) is 0.417. The molecule has 1 aromatic carbocycles. The normalized spacial score (nSPS) is 25.8. The SMILES string of the molecule is CC(C)[C@H]1OC(=O)[C@H]1c1ccccc1. The van der Waals surface area contributed by atoms with Crippen molar-refractivity contribution >= 4 is 5.97 Å². The maximum Gasteiger partial charge on any atom is 0.317 e. The summed E-state index contributed by atoms with van der Waals surface area (Å²) in [5.41, 5.74) is 1.07. The zero-order valence-electron chi connectivity index (χ0n) is 8.44. The highest BCUT2D eigenvalue weighted by Gasteiger charge is 2.44. The third-order valence-corrected chi connectivity index (χ3v) is 2.65. The van der Waals surface area contributed by atoms with E-state index in [1.807, 2.05) is 30.3 Å². The Labute approximate surface area is 83.9 Å². The monoisotopic (exact) mass is 190 g/mol. The van der Waals surface area contributed by atoms with E-state index in [0.29, 0.717) is 5.92 Å². The first-order valence-corrected chi connectivity index (χ1v) is 4.95. The Morgan fingerprint density at radius 3 is 2.36 bits per heavy atom. The second kappa shape index (κ2) is 3.45. The molecule has 74 valence electrons. The van der Waals surface area contributed by atoms with Gasteiger partial charge in [0.25, 0.3) is 0 Å². The molecule has 0 radical (unpaired) electrons. The molecule has 0 aromatic heterocycles. The van der Waals surface area contributed by atoms with Crippen molar-refractivity contribution in [3.63, 3.8) is 0 Å². The van der Waals surface area contributed by atoms with Crippen LogP contribution in [0.3, 0.4) is 0 Å². The van der Waals surface area contributed by atoms with Crippen molar-refractivity contribution in [3.05, 3.63) is 35.9 Å². The molecular formula is C12H14O2. The molecule has 1 saturated heterocycles. The summed E-state index contributed by atoms with van der Waals surface area (Å²) in [6.07, 6.45) is 0.0601. The first kappa shape index (κ1) is 9.25. The summed E-state index contributed by atoms with van der Waals surface area (Å²) in [5.74, 6) is 0.254. The number of benzene rings is 1. The highest BCUT2D eigenvalue weighted by molar-refractivity contribution is 5.84. The van der Waals surface area contributed by atoms with Gasteiger partial charge in [0.1, 0.15) is 12.0 Å². The summed E-state index contributed by atoms with van der Waals surface area (Å²) in [6.45, 7) is 4.15. The molecule has 0 spiro atoms. The van der Waals surface area contributed by atoms with Crippen molar-refractivity contribution in [1.82, 2.24) is 0 Å². The van der Waals surface area contributed by atoms with E-state index in [1.54, 1.807) is 0 Å². The third-order valence-electron chi connectivity index (χ3n) is 2.65. The number of hydrogen-bond donors (Lipinski definition) is 0. The minimum Gasteiger partial charge on any atom is -0.460 e. The van der Waals surface area contributed by atoms with Crippen molar-refractivity contribution in [3.8, 4) is 0 Å². The maximum absolute atomic E-state index is 11.3. The molecule has 0 aliphatic carbocycles. The Balaban J connectivity index is 2.21. The van der Waals surface area contributed by atoms with Gasteiger partial charge in [0.2, 0.25) is 0 Å². The van der Waals surface area contributed by atoms with E-state index < -0.39 is 0 Å². The first-order chi connectivity index (χ1) is 6.70. The van der Waals surface area contributed by atoms with E-state index in [4.69, 9.17) is 4.74 Å². The van der Waals surface area contributed by atoms with Crippen LogP contribution in [0.5, 0.6) is 0 Å². The quantitative estimate of drug-likeness (QED) is 0.669. The Bertz CT molecular complexity index is 329. The van der Waals surface area contributed by atoms with Crippen molar-refractivity contribution in [2.75, 3.05) is 0 Å². The maximum atomic E-state index is 11.3. The van der Waals surface area contributed by atoms with Gasteiger partial charge in [-0.1, -0.05) is 44.2 Å². The molecule has 2 nitrogen and oxygen atoms in total. The van der Waals surface area contributed by atoms with Crippen molar-refractivity contribution in [1.29, 1.82) is 0 Å². The topological polar surface area (TPSA) is 26.3 Å². The van der Waals surface area contributed by atoms with Gasteiger partial charge in [0.15, 0.2) is 0 Å². The van der Waals surface area contributed by atoms with Gasteiger partial charge < -0.3 is 4.74 Å². The van der Waals surface area contributed by atoms with Crippen LogP contribution in [-0.2, 0) is 9.53 Å². The van der Waals surface area contributed by atoms with Gasteiger partial charge in [-0.2, -0.15) is 0 Å². The zero-order chi connectivity index (χ0) is 10.1.